The number of nitrogens with one attached hydrogen (secondary N) is 1. The van der Waals surface area contributed by atoms with Crippen molar-refractivity contribution < 1.29 is 9.53 Å². The zero-order valence-electron chi connectivity index (χ0n) is 22.3. The number of halogens is 2. The molecule has 1 heterocycles. The van der Waals surface area contributed by atoms with Gasteiger partial charge in [0.25, 0.3) is 5.91 Å². The first-order valence-corrected chi connectivity index (χ1v) is 14.8. The van der Waals surface area contributed by atoms with Crippen LogP contribution in [0.1, 0.15) is 94.0 Å². The minimum atomic E-state index is -0.162. The molecular weight excluding hydrogens is 568 g/mol. The Hall–Kier alpha value is -1.63. The van der Waals surface area contributed by atoms with Crippen molar-refractivity contribution >= 4 is 51.9 Å². The Morgan fingerprint density at radius 2 is 1.68 bits per heavy atom. The fraction of sp³-hybridized carbons (Fsp3) is 0.500. The molecule has 1 amide bonds. The number of hydrogen-bond acceptors (Lipinski definition) is 4. The van der Waals surface area contributed by atoms with E-state index in [1.807, 2.05) is 42.1 Å². The molecule has 0 aromatic heterocycles. The fourth-order valence-corrected chi connectivity index (χ4v) is 5.35. The van der Waals surface area contributed by atoms with E-state index in [4.69, 9.17) is 16.3 Å². The van der Waals surface area contributed by atoms with Gasteiger partial charge < -0.3 is 15.0 Å². The molecule has 2 aromatic rings. The van der Waals surface area contributed by atoms with Gasteiger partial charge in [0.1, 0.15) is 0 Å². The maximum Gasteiger partial charge on any atom is 0.255 e. The van der Waals surface area contributed by atoms with Gasteiger partial charge in [0, 0.05) is 18.3 Å². The second-order valence-electron chi connectivity index (χ2n) is 9.56. The Labute approximate surface area is 243 Å². The van der Waals surface area contributed by atoms with Crippen LogP contribution < -0.4 is 10.1 Å². The molecule has 4 nitrogen and oxygen atoms in total. The van der Waals surface area contributed by atoms with Gasteiger partial charge in [-0.05, 0) is 48.1 Å². The summed E-state index contributed by atoms with van der Waals surface area (Å²) < 4.78 is 6.04. The SMILES string of the molecule is Br.CCCCCCCCCCCCOc1c(Cl)cccc1NC(=O)c1cccc(CN2C=C(C)SC2)c1. The molecule has 0 atom stereocenters. The van der Waals surface area contributed by atoms with Gasteiger partial charge in [-0.15, -0.1) is 28.7 Å². The van der Waals surface area contributed by atoms with Crippen LogP contribution >= 0.6 is 40.3 Å². The lowest BCUT2D eigenvalue weighted by Gasteiger charge is -2.16. The van der Waals surface area contributed by atoms with Crippen LogP contribution in [0.5, 0.6) is 5.75 Å². The van der Waals surface area contributed by atoms with Gasteiger partial charge in [-0.1, -0.05) is 94.5 Å². The zero-order valence-corrected chi connectivity index (χ0v) is 25.6. The standard InChI is InChI=1S/C30H41ClN2O2S.BrH/c1-3-4-5-6-7-8-9-10-11-12-19-35-29-27(31)17-14-18-28(29)32-30(34)26-16-13-15-25(20-26)22-33-21-24(2)36-23-33;/h13-18,20-21H,3-12,19,22-23H2,1-2H3,(H,32,34);1H. The molecule has 1 aliphatic rings. The van der Waals surface area contributed by atoms with Crippen molar-refractivity contribution in [3.63, 3.8) is 0 Å². The number of ether oxygens (including phenoxy) is 1. The smallest absolute Gasteiger partial charge is 0.255 e. The van der Waals surface area contributed by atoms with Crippen LogP contribution in [0.3, 0.4) is 0 Å². The van der Waals surface area contributed by atoms with E-state index in [9.17, 15) is 4.79 Å². The topological polar surface area (TPSA) is 41.6 Å². The molecule has 0 aliphatic carbocycles. The van der Waals surface area contributed by atoms with Crippen molar-refractivity contribution in [3.05, 3.63) is 69.7 Å². The van der Waals surface area contributed by atoms with Crippen molar-refractivity contribution in [2.45, 2.75) is 84.6 Å². The molecule has 0 fully saturated rings. The maximum atomic E-state index is 13.0. The molecule has 0 bridgehead atoms. The Balaban J connectivity index is 0.00000481. The van der Waals surface area contributed by atoms with E-state index in [2.05, 4.69) is 36.3 Å². The van der Waals surface area contributed by atoms with Gasteiger partial charge in [-0.25, -0.2) is 0 Å². The Bertz CT molecular complexity index is 1000. The Kier molecular flexibility index (Phi) is 15.2. The van der Waals surface area contributed by atoms with Crippen molar-refractivity contribution in [1.29, 1.82) is 0 Å². The molecule has 0 saturated carbocycles. The predicted octanol–water partition coefficient (Wildman–Crippen LogP) is 9.84. The van der Waals surface area contributed by atoms with E-state index in [1.54, 1.807) is 6.07 Å². The highest BCUT2D eigenvalue weighted by Crippen LogP contribution is 2.33. The number of unbranched alkanes of at least 4 members (excludes halogenated alkanes) is 9. The third kappa shape index (κ3) is 11.3. The number of carbonyl (C=O) groups excluding carboxylic acids is 1. The van der Waals surface area contributed by atoms with Crippen LogP contribution in [0, 0.1) is 0 Å². The first-order chi connectivity index (χ1) is 17.6. The second-order valence-corrected chi connectivity index (χ2v) is 11.2. The number of rotatable bonds is 16. The number of carbonyl (C=O) groups is 1. The van der Waals surface area contributed by atoms with Crippen molar-refractivity contribution in [2.75, 3.05) is 17.8 Å². The van der Waals surface area contributed by atoms with Gasteiger partial charge in [0.2, 0.25) is 0 Å². The first-order valence-electron chi connectivity index (χ1n) is 13.4. The average molecular weight is 610 g/mol. The Morgan fingerprint density at radius 3 is 2.35 bits per heavy atom. The largest absolute Gasteiger partial charge is 0.490 e. The van der Waals surface area contributed by atoms with Gasteiger partial charge >= 0.3 is 0 Å². The van der Waals surface area contributed by atoms with E-state index >= 15 is 0 Å². The number of amides is 1. The summed E-state index contributed by atoms with van der Waals surface area (Å²) in [5.74, 6) is 1.34. The highest BCUT2D eigenvalue weighted by Gasteiger charge is 2.15. The van der Waals surface area contributed by atoms with Crippen molar-refractivity contribution in [3.8, 4) is 5.75 Å². The van der Waals surface area contributed by atoms with Crippen LogP contribution in [0.4, 0.5) is 5.69 Å². The minimum Gasteiger partial charge on any atom is -0.490 e. The number of nitrogens with zero attached hydrogens (tertiary/aromatic N) is 1. The maximum absolute atomic E-state index is 13.0. The highest BCUT2D eigenvalue weighted by atomic mass is 79.9. The summed E-state index contributed by atoms with van der Waals surface area (Å²) in [6.07, 6.45) is 15.0. The minimum absolute atomic E-state index is 0. The van der Waals surface area contributed by atoms with Crippen LogP contribution in [-0.2, 0) is 6.54 Å². The Morgan fingerprint density at radius 1 is 1.00 bits per heavy atom. The summed E-state index contributed by atoms with van der Waals surface area (Å²) in [6.45, 7) is 5.76. The molecule has 37 heavy (non-hydrogen) atoms. The molecule has 1 aliphatic heterocycles. The van der Waals surface area contributed by atoms with Crippen LogP contribution in [0.2, 0.25) is 5.02 Å². The van der Waals surface area contributed by atoms with Crippen molar-refractivity contribution in [1.82, 2.24) is 4.90 Å². The summed E-state index contributed by atoms with van der Waals surface area (Å²) in [5.41, 5.74) is 2.35. The quantitative estimate of drug-likeness (QED) is 0.192. The third-order valence-electron chi connectivity index (χ3n) is 6.36. The fourth-order valence-electron chi connectivity index (χ4n) is 4.37. The van der Waals surface area contributed by atoms with Crippen LogP contribution in [0.15, 0.2) is 53.6 Å². The molecule has 204 valence electrons. The number of thioether (sulfide) groups is 1. The average Bonchev–Trinajstić information content (AvgIpc) is 3.28. The summed E-state index contributed by atoms with van der Waals surface area (Å²) in [4.78, 5) is 16.6. The monoisotopic (exact) mass is 608 g/mol. The molecule has 3 rings (SSSR count). The number of allylic oxidation sites excluding steroid dienone is 1. The number of benzene rings is 2. The summed E-state index contributed by atoms with van der Waals surface area (Å²) in [5, 5.41) is 3.52. The van der Waals surface area contributed by atoms with Gasteiger partial charge in [0.15, 0.2) is 5.75 Å². The van der Waals surface area contributed by atoms with E-state index in [0.717, 1.165) is 30.8 Å². The van der Waals surface area contributed by atoms with Gasteiger partial charge in [-0.2, -0.15) is 0 Å². The summed E-state index contributed by atoms with van der Waals surface area (Å²) in [6, 6.07) is 13.3. The molecule has 0 radical (unpaired) electrons. The lowest BCUT2D eigenvalue weighted by molar-refractivity contribution is 0.102. The van der Waals surface area contributed by atoms with E-state index in [1.165, 1.54) is 56.3 Å². The number of anilines is 1. The van der Waals surface area contributed by atoms with E-state index < -0.39 is 0 Å². The van der Waals surface area contributed by atoms with Crippen LogP contribution in [0.25, 0.3) is 0 Å². The third-order valence-corrected chi connectivity index (χ3v) is 7.68. The molecule has 7 heteroatoms. The lowest BCUT2D eigenvalue weighted by Crippen LogP contribution is -2.15. The second kappa shape index (κ2) is 17.8. The molecular formula is C30H42BrClN2O2S. The molecule has 0 spiro atoms. The molecule has 0 unspecified atom stereocenters. The molecule has 1 N–H and O–H groups in total. The van der Waals surface area contributed by atoms with E-state index in [0.29, 0.717) is 28.6 Å². The summed E-state index contributed by atoms with van der Waals surface area (Å²) in [7, 11) is 0. The van der Waals surface area contributed by atoms with Crippen molar-refractivity contribution in [2.24, 2.45) is 0 Å². The zero-order chi connectivity index (χ0) is 25.6. The number of hydrogen-bond donors (Lipinski definition) is 1. The first kappa shape index (κ1) is 31.6. The van der Waals surface area contributed by atoms with E-state index in [-0.39, 0.29) is 22.9 Å². The molecule has 2 aromatic carbocycles. The summed E-state index contributed by atoms with van der Waals surface area (Å²) >= 11 is 8.27. The normalized spacial score (nSPS) is 12.7. The van der Waals surface area contributed by atoms with Gasteiger partial charge in [-0.3, -0.25) is 4.79 Å². The molecule has 0 saturated heterocycles. The van der Waals surface area contributed by atoms with Crippen LogP contribution in [-0.4, -0.2) is 23.3 Å². The highest BCUT2D eigenvalue weighted by molar-refractivity contribution is 8.93. The lowest BCUT2D eigenvalue weighted by atomic mass is 10.1. The predicted molar refractivity (Wildman–Crippen MR) is 165 cm³/mol. The van der Waals surface area contributed by atoms with Gasteiger partial charge in [0.05, 0.1) is 23.2 Å². The number of para-hydroxylation sites is 1.